The number of nitrogens with one attached hydrogen (secondary N) is 1. The van der Waals surface area contributed by atoms with Gasteiger partial charge in [0.05, 0.1) is 17.2 Å². The molecule has 1 saturated heterocycles. The minimum Gasteiger partial charge on any atom is -0.491 e. The van der Waals surface area contributed by atoms with E-state index in [-0.39, 0.29) is 12.0 Å². The van der Waals surface area contributed by atoms with Crippen molar-refractivity contribution in [3.05, 3.63) is 52.5 Å². The molecule has 1 amide bonds. The summed E-state index contributed by atoms with van der Waals surface area (Å²) < 4.78 is 22.6. The fourth-order valence-electron chi connectivity index (χ4n) is 2.83. The SMILES string of the molecule is COCCOc1cccc(NC(=O)c2ccc(OCC3CCCO3)c(Br)c2)c1. The van der Waals surface area contributed by atoms with Crippen molar-refractivity contribution in [2.24, 2.45) is 0 Å². The van der Waals surface area contributed by atoms with Gasteiger partial charge in [-0.2, -0.15) is 0 Å². The number of rotatable bonds is 9. The molecule has 2 aromatic rings. The zero-order valence-electron chi connectivity index (χ0n) is 15.8. The van der Waals surface area contributed by atoms with Crippen molar-refractivity contribution < 1.29 is 23.7 Å². The molecular weight excluding hydrogens is 426 g/mol. The van der Waals surface area contributed by atoms with Crippen LogP contribution in [-0.2, 0) is 9.47 Å². The van der Waals surface area contributed by atoms with E-state index in [9.17, 15) is 4.79 Å². The number of benzene rings is 2. The maximum Gasteiger partial charge on any atom is 0.255 e. The van der Waals surface area contributed by atoms with Crippen LogP contribution in [0.5, 0.6) is 11.5 Å². The van der Waals surface area contributed by atoms with Crippen LogP contribution in [0.15, 0.2) is 46.9 Å². The number of anilines is 1. The lowest BCUT2D eigenvalue weighted by molar-refractivity contribution is 0.0677. The fraction of sp³-hybridized carbons (Fsp3) is 0.381. The molecule has 2 aromatic carbocycles. The number of carbonyl (C=O) groups is 1. The second kappa shape index (κ2) is 10.5. The Labute approximate surface area is 173 Å². The summed E-state index contributed by atoms with van der Waals surface area (Å²) in [5.74, 6) is 1.16. The van der Waals surface area contributed by atoms with E-state index in [0.717, 1.165) is 23.9 Å². The van der Waals surface area contributed by atoms with Crippen molar-refractivity contribution in [1.29, 1.82) is 0 Å². The van der Waals surface area contributed by atoms with Gasteiger partial charge in [0.25, 0.3) is 5.91 Å². The molecule has 28 heavy (non-hydrogen) atoms. The van der Waals surface area contributed by atoms with Gasteiger partial charge in [-0.25, -0.2) is 0 Å². The lowest BCUT2D eigenvalue weighted by Crippen LogP contribution is -2.16. The molecule has 150 valence electrons. The smallest absolute Gasteiger partial charge is 0.255 e. The highest BCUT2D eigenvalue weighted by atomic mass is 79.9. The topological polar surface area (TPSA) is 66.0 Å². The van der Waals surface area contributed by atoms with Gasteiger partial charge in [0, 0.05) is 31.0 Å². The number of hydrogen-bond donors (Lipinski definition) is 1. The predicted octanol–water partition coefficient (Wildman–Crippen LogP) is 4.28. The lowest BCUT2D eigenvalue weighted by atomic mass is 10.2. The average Bonchev–Trinajstić information content (AvgIpc) is 3.21. The van der Waals surface area contributed by atoms with Gasteiger partial charge in [-0.3, -0.25) is 4.79 Å². The molecule has 1 aliphatic heterocycles. The Morgan fingerprint density at radius 3 is 2.86 bits per heavy atom. The molecule has 0 bridgehead atoms. The van der Waals surface area contributed by atoms with E-state index in [0.29, 0.717) is 42.6 Å². The third-order valence-electron chi connectivity index (χ3n) is 4.29. The molecule has 0 saturated carbocycles. The van der Waals surface area contributed by atoms with Crippen LogP contribution >= 0.6 is 15.9 Å². The largest absolute Gasteiger partial charge is 0.491 e. The fourth-order valence-corrected chi connectivity index (χ4v) is 3.32. The van der Waals surface area contributed by atoms with Crippen molar-refractivity contribution >= 4 is 27.5 Å². The highest BCUT2D eigenvalue weighted by Gasteiger charge is 2.17. The highest BCUT2D eigenvalue weighted by molar-refractivity contribution is 9.10. The molecule has 7 heteroatoms. The van der Waals surface area contributed by atoms with Crippen LogP contribution in [0, 0.1) is 0 Å². The van der Waals surface area contributed by atoms with Crippen molar-refractivity contribution in [3.8, 4) is 11.5 Å². The molecule has 1 atom stereocenters. The zero-order chi connectivity index (χ0) is 19.8. The normalized spacial score (nSPS) is 16.0. The summed E-state index contributed by atoms with van der Waals surface area (Å²) >= 11 is 3.48. The maximum atomic E-state index is 12.6. The number of methoxy groups -OCH3 is 1. The van der Waals surface area contributed by atoms with Gasteiger partial charge in [0.15, 0.2) is 0 Å². The van der Waals surface area contributed by atoms with E-state index >= 15 is 0 Å². The number of amides is 1. The summed E-state index contributed by atoms with van der Waals surface area (Å²) in [6.07, 6.45) is 2.24. The van der Waals surface area contributed by atoms with Gasteiger partial charge >= 0.3 is 0 Å². The van der Waals surface area contributed by atoms with Gasteiger partial charge in [0.1, 0.15) is 24.7 Å². The second-order valence-electron chi connectivity index (χ2n) is 6.41. The second-order valence-corrected chi connectivity index (χ2v) is 7.27. The molecule has 0 aromatic heterocycles. The first-order chi connectivity index (χ1) is 13.7. The summed E-state index contributed by atoms with van der Waals surface area (Å²) in [7, 11) is 1.62. The van der Waals surface area contributed by atoms with E-state index in [1.54, 1.807) is 31.4 Å². The molecule has 0 radical (unpaired) electrons. The van der Waals surface area contributed by atoms with E-state index in [2.05, 4.69) is 21.2 Å². The molecule has 0 aliphatic carbocycles. The molecule has 1 N–H and O–H groups in total. The van der Waals surface area contributed by atoms with Crippen molar-refractivity contribution in [3.63, 3.8) is 0 Å². The van der Waals surface area contributed by atoms with Gasteiger partial charge in [-0.05, 0) is 59.1 Å². The summed E-state index contributed by atoms with van der Waals surface area (Å²) in [6, 6.07) is 12.5. The van der Waals surface area contributed by atoms with E-state index in [1.807, 2.05) is 18.2 Å². The Kier molecular flexibility index (Phi) is 7.71. The number of ether oxygens (including phenoxy) is 4. The first kappa shape index (κ1) is 20.6. The number of carbonyl (C=O) groups excluding carboxylic acids is 1. The molecule has 3 rings (SSSR count). The minimum absolute atomic E-state index is 0.147. The lowest BCUT2D eigenvalue weighted by Gasteiger charge is -2.13. The average molecular weight is 450 g/mol. The summed E-state index contributed by atoms with van der Waals surface area (Å²) in [4.78, 5) is 12.6. The van der Waals surface area contributed by atoms with Crippen molar-refractivity contribution in [2.45, 2.75) is 18.9 Å². The Bertz CT molecular complexity index is 792. The Balaban J connectivity index is 1.58. The van der Waals surface area contributed by atoms with Gasteiger partial charge < -0.3 is 24.3 Å². The van der Waals surface area contributed by atoms with Crippen LogP contribution < -0.4 is 14.8 Å². The van der Waals surface area contributed by atoms with Crippen LogP contribution in [0.1, 0.15) is 23.2 Å². The van der Waals surface area contributed by atoms with Crippen LogP contribution in [0.3, 0.4) is 0 Å². The zero-order valence-corrected chi connectivity index (χ0v) is 17.4. The maximum absolute atomic E-state index is 12.6. The van der Waals surface area contributed by atoms with Gasteiger partial charge in [-0.1, -0.05) is 6.07 Å². The third kappa shape index (κ3) is 5.95. The number of hydrogen-bond acceptors (Lipinski definition) is 5. The highest BCUT2D eigenvalue weighted by Crippen LogP contribution is 2.27. The van der Waals surface area contributed by atoms with Crippen LogP contribution in [0.2, 0.25) is 0 Å². The molecule has 6 nitrogen and oxygen atoms in total. The summed E-state index contributed by atoms with van der Waals surface area (Å²) in [6.45, 7) is 2.27. The van der Waals surface area contributed by atoms with E-state index in [1.165, 1.54) is 0 Å². The summed E-state index contributed by atoms with van der Waals surface area (Å²) in [5, 5.41) is 2.88. The summed E-state index contributed by atoms with van der Waals surface area (Å²) in [5.41, 5.74) is 1.19. The standard InChI is InChI=1S/C21H24BrNO5/c1-25-10-11-27-17-5-2-4-16(13-17)23-21(24)15-7-8-20(19(22)12-15)28-14-18-6-3-9-26-18/h2,4-5,7-8,12-13,18H,3,6,9-11,14H2,1H3,(H,23,24). The first-order valence-corrected chi connectivity index (χ1v) is 10.0. The van der Waals surface area contributed by atoms with Crippen LogP contribution in [0.25, 0.3) is 0 Å². The van der Waals surface area contributed by atoms with Gasteiger partial charge in [0.2, 0.25) is 0 Å². The monoisotopic (exact) mass is 449 g/mol. The molecular formula is C21H24BrNO5. The Morgan fingerprint density at radius 2 is 2.11 bits per heavy atom. The molecule has 0 spiro atoms. The van der Waals surface area contributed by atoms with Crippen LogP contribution in [0.4, 0.5) is 5.69 Å². The quantitative estimate of drug-likeness (QED) is 0.578. The van der Waals surface area contributed by atoms with E-state index < -0.39 is 0 Å². The Hall–Kier alpha value is -2.09. The van der Waals surface area contributed by atoms with Crippen molar-refractivity contribution in [2.75, 3.05) is 38.9 Å². The van der Waals surface area contributed by atoms with Gasteiger partial charge in [-0.15, -0.1) is 0 Å². The predicted molar refractivity (Wildman–Crippen MR) is 110 cm³/mol. The molecule has 1 unspecified atom stereocenters. The Morgan fingerprint density at radius 1 is 1.21 bits per heavy atom. The molecule has 1 aliphatic rings. The van der Waals surface area contributed by atoms with Crippen molar-refractivity contribution in [1.82, 2.24) is 0 Å². The van der Waals surface area contributed by atoms with E-state index in [4.69, 9.17) is 18.9 Å². The third-order valence-corrected chi connectivity index (χ3v) is 4.91. The first-order valence-electron chi connectivity index (χ1n) is 9.23. The number of halogens is 1. The molecule has 1 heterocycles. The minimum atomic E-state index is -0.208. The molecule has 1 fully saturated rings. The van der Waals surface area contributed by atoms with Crippen LogP contribution in [-0.4, -0.2) is 45.5 Å².